The van der Waals surface area contributed by atoms with Crippen molar-refractivity contribution in [1.82, 2.24) is 0 Å². The van der Waals surface area contributed by atoms with E-state index in [1.54, 1.807) is 0 Å². The van der Waals surface area contributed by atoms with E-state index in [-0.39, 0.29) is 6.04 Å². The SMILES string of the molecule is [O-][Cl+3]([O-])([O-])[O-].c1ccc(C2=NN(c3ccc(-c4cc(-c5ccccc5)[n+](-c5ccccc5)c(-c5ccccc5)c4)cc3)C(c3ccccc3)C2)cc1. The van der Waals surface area contributed by atoms with Crippen LogP contribution in [0.4, 0.5) is 5.69 Å². The quantitative estimate of drug-likeness (QED) is 0.202. The average Bonchev–Trinajstić information content (AvgIpc) is 3.64. The molecule has 1 unspecified atom stereocenters. The highest BCUT2D eigenvalue weighted by Crippen LogP contribution is 2.38. The molecule has 2 heterocycles. The van der Waals surface area contributed by atoms with Crippen LogP contribution >= 0.6 is 0 Å². The summed E-state index contributed by atoms with van der Waals surface area (Å²) >= 11 is 0. The Labute approximate surface area is 305 Å². The van der Waals surface area contributed by atoms with Crippen LogP contribution in [0.1, 0.15) is 23.6 Å². The van der Waals surface area contributed by atoms with Crippen molar-refractivity contribution in [1.29, 1.82) is 0 Å². The minimum absolute atomic E-state index is 0.133. The van der Waals surface area contributed by atoms with Crippen molar-refractivity contribution in [2.75, 3.05) is 5.01 Å². The first kappa shape index (κ1) is 34.5. The van der Waals surface area contributed by atoms with Crippen LogP contribution in [0, 0.1) is 10.2 Å². The summed E-state index contributed by atoms with van der Waals surface area (Å²) in [7, 11) is -4.94. The lowest BCUT2D eigenvalue weighted by Gasteiger charge is -2.24. The van der Waals surface area contributed by atoms with Crippen LogP contribution in [-0.4, -0.2) is 5.71 Å². The van der Waals surface area contributed by atoms with Crippen LogP contribution in [0.3, 0.4) is 0 Å². The number of benzene rings is 6. The van der Waals surface area contributed by atoms with Gasteiger partial charge in [-0.1, -0.05) is 127 Å². The molecule has 0 N–H and O–H groups in total. The van der Waals surface area contributed by atoms with Crippen molar-refractivity contribution in [2.24, 2.45) is 5.10 Å². The van der Waals surface area contributed by atoms with Gasteiger partial charge in [-0.15, -0.1) is 10.2 Å². The molecule has 52 heavy (non-hydrogen) atoms. The van der Waals surface area contributed by atoms with Gasteiger partial charge in [0.2, 0.25) is 17.1 Å². The zero-order valence-electron chi connectivity index (χ0n) is 28.0. The zero-order valence-corrected chi connectivity index (χ0v) is 28.8. The number of aromatic nitrogens is 1. The Morgan fingerprint density at radius 2 is 0.904 bits per heavy atom. The highest BCUT2D eigenvalue weighted by molar-refractivity contribution is 6.03. The highest BCUT2D eigenvalue weighted by Gasteiger charge is 2.30. The molecule has 0 amide bonds. The molecule has 0 spiro atoms. The van der Waals surface area contributed by atoms with Crippen molar-refractivity contribution >= 4 is 11.4 Å². The second kappa shape index (κ2) is 15.5. The molecular formula is C44H34ClN3O4. The fourth-order valence-corrected chi connectivity index (χ4v) is 6.55. The molecule has 0 bridgehead atoms. The molecule has 0 saturated carbocycles. The van der Waals surface area contributed by atoms with Crippen LogP contribution in [0.5, 0.6) is 0 Å². The fraction of sp³-hybridized carbons (Fsp3) is 0.0455. The molecule has 7 aromatic rings. The topological polar surface area (TPSA) is 112 Å². The maximum Gasteiger partial charge on any atom is 0.219 e. The van der Waals surface area contributed by atoms with E-state index in [0.717, 1.165) is 57.1 Å². The van der Waals surface area contributed by atoms with E-state index in [9.17, 15) is 0 Å². The van der Waals surface area contributed by atoms with Crippen molar-refractivity contribution < 1.29 is 33.4 Å². The van der Waals surface area contributed by atoms with Crippen molar-refractivity contribution in [3.63, 3.8) is 0 Å². The molecule has 8 rings (SSSR count). The molecule has 6 aromatic carbocycles. The Balaban J connectivity index is 0.000000789. The third kappa shape index (κ3) is 8.16. The summed E-state index contributed by atoms with van der Waals surface area (Å²) in [4.78, 5) is 0. The Bertz CT molecular complexity index is 2180. The fourth-order valence-electron chi connectivity index (χ4n) is 6.55. The summed E-state index contributed by atoms with van der Waals surface area (Å²) in [6.45, 7) is 0. The van der Waals surface area contributed by atoms with Crippen LogP contribution in [0.2, 0.25) is 0 Å². The summed E-state index contributed by atoms with van der Waals surface area (Å²) in [5.41, 5.74) is 12.7. The monoisotopic (exact) mass is 703 g/mol. The third-order valence-corrected chi connectivity index (χ3v) is 8.89. The van der Waals surface area contributed by atoms with E-state index in [4.69, 9.17) is 23.7 Å². The number of para-hydroxylation sites is 1. The molecule has 0 saturated heterocycles. The summed E-state index contributed by atoms with van der Waals surface area (Å²) in [6, 6.07) is 66.9. The molecular weight excluding hydrogens is 670 g/mol. The number of rotatable bonds is 7. The number of hydrazone groups is 1. The van der Waals surface area contributed by atoms with Crippen molar-refractivity contribution in [2.45, 2.75) is 12.5 Å². The molecule has 1 aliphatic rings. The van der Waals surface area contributed by atoms with E-state index < -0.39 is 10.2 Å². The standard InChI is InChI=1S/C44H34N3.ClHO4/c1-6-16-34(17-7-1)41-32-44(37-22-12-4-13-23-37)47(45-41)40-28-26-33(27-29-40)38-30-42(35-18-8-2-9-19-35)46(39-24-14-5-15-25-39)43(31-38)36-20-10-3-11-21-36;2-1(3,4)5/h1-31,44H,32H2;(H,2,3,4,5)/q+1;/p-1. The van der Waals surface area contributed by atoms with E-state index in [1.165, 1.54) is 11.1 Å². The van der Waals surface area contributed by atoms with Gasteiger partial charge in [-0.2, -0.15) is 9.67 Å². The minimum Gasteiger partial charge on any atom is -0.257 e. The van der Waals surface area contributed by atoms with E-state index in [1.807, 2.05) is 0 Å². The summed E-state index contributed by atoms with van der Waals surface area (Å²) < 4.78 is 36.3. The molecule has 8 heteroatoms. The van der Waals surface area contributed by atoms with Gasteiger partial charge in [0.1, 0.15) is 0 Å². The lowest BCUT2D eigenvalue weighted by Crippen LogP contribution is -2.68. The van der Waals surface area contributed by atoms with Crippen LogP contribution in [0.15, 0.2) is 193 Å². The van der Waals surface area contributed by atoms with E-state index in [0.29, 0.717) is 0 Å². The largest absolute Gasteiger partial charge is 0.257 e. The molecule has 0 radical (unpaired) electrons. The molecule has 0 fully saturated rings. The van der Waals surface area contributed by atoms with Crippen molar-refractivity contribution in [3.05, 3.63) is 199 Å². The molecule has 1 atom stereocenters. The van der Waals surface area contributed by atoms with Crippen LogP contribution in [-0.2, 0) is 0 Å². The van der Waals surface area contributed by atoms with Gasteiger partial charge in [0.05, 0.1) is 17.4 Å². The van der Waals surface area contributed by atoms with Gasteiger partial charge in [-0.05, 0) is 58.7 Å². The Morgan fingerprint density at radius 1 is 0.481 bits per heavy atom. The van der Waals surface area contributed by atoms with Crippen LogP contribution in [0.25, 0.3) is 39.3 Å². The molecule has 0 aliphatic carbocycles. The number of halogens is 1. The van der Waals surface area contributed by atoms with Gasteiger partial charge in [-0.25, -0.2) is 18.6 Å². The second-order valence-electron chi connectivity index (χ2n) is 12.2. The number of hydrogen-bond acceptors (Lipinski definition) is 6. The number of nitrogens with zero attached hydrogens (tertiary/aromatic N) is 3. The molecule has 1 aromatic heterocycles. The number of anilines is 1. The van der Waals surface area contributed by atoms with Gasteiger partial charge >= 0.3 is 0 Å². The maximum absolute atomic E-state index is 8.49. The van der Waals surface area contributed by atoms with Gasteiger partial charge in [0.15, 0.2) is 0 Å². The van der Waals surface area contributed by atoms with E-state index in [2.05, 4.69) is 198 Å². The first-order valence-corrected chi connectivity index (χ1v) is 18.0. The first-order chi connectivity index (χ1) is 25.3. The minimum atomic E-state index is -4.94. The lowest BCUT2D eigenvalue weighted by molar-refractivity contribution is -2.00. The van der Waals surface area contributed by atoms with Gasteiger partial charge in [0, 0.05) is 41.8 Å². The zero-order chi connectivity index (χ0) is 35.9. The van der Waals surface area contributed by atoms with Gasteiger partial charge < -0.3 is 0 Å². The smallest absolute Gasteiger partial charge is 0.219 e. The summed E-state index contributed by atoms with van der Waals surface area (Å²) in [5, 5.41) is 7.38. The summed E-state index contributed by atoms with van der Waals surface area (Å²) in [6.07, 6.45) is 0.856. The van der Waals surface area contributed by atoms with Gasteiger partial charge in [0.25, 0.3) is 0 Å². The molecule has 7 nitrogen and oxygen atoms in total. The summed E-state index contributed by atoms with van der Waals surface area (Å²) in [5.74, 6) is 0. The average molecular weight is 704 g/mol. The molecule has 1 aliphatic heterocycles. The predicted octanol–water partition coefficient (Wildman–Crippen LogP) is 5.56. The second-order valence-corrected chi connectivity index (χ2v) is 13.0. The van der Waals surface area contributed by atoms with Crippen molar-refractivity contribution in [3.8, 4) is 39.3 Å². The third-order valence-electron chi connectivity index (χ3n) is 8.89. The van der Waals surface area contributed by atoms with Crippen LogP contribution < -0.4 is 28.2 Å². The maximum atomic E-state index is 8.49. The Kier molecular flexibility index (Phi) is 10.3. The first-order valence-electron chi connectivity index (χ1n) is 16.8. The Morgan fingerprint density at radius 3 is 1.38 bits per heavy atom. The Hall–Kier alpha value is -5.93. The van der Waals surface area contributed by atoms with E-state index >= 15 is 0 Å². The normalized spacial score (nSPS) is 14.0. The lowest BCUT2D eigenvalue weighted by atomic mass is 9.97. The highest BCUT2D eigenvalue weighted by atomic mass is 35.7. The number of hydrogen-bond donors (Lipinski definition) is 0. The molecule has 256 valence electrons. The predicted molar refractivity (Wildman–Crippen MR) is 194 cm³/mol. The van der Waals surface area contributed by atoms with Gasteiger partial charge in [-0.3, -0.25) is 5.01 Å². The number of pyridine rings is 1.